The number of nitrogens with zero attached hydrogens (tertiary/aromatic N) is 2. The van der Waals surface area contributed by atoms with Gasteiger partial charge < -0.3 is 5.73 Å². The molecule has 0 bridgehead atoms. The van der Waals surface area contributed by atoms with Crippen LogP contribution in [0.4, 0.5) is 13.2 Å². The standard InChI is InChI=1S/C10H16F3N3/c1-2-16-7-8(6-15-16)5-9(14)3-4-10(11,12)13/h6-7,9H,2-5,14H2,1H3. The van der Waals surface area contributed by atoms with Gasteiger partial charge in [0.15, 0.2) is 0 Å². The van der Waals surface area contributed by atoms with Crippen LogP contribution in [0.5, 0.6) is 0 Å². The third kappa shape index (κ3) is 4.65. The molecule has 1 aromatic rings. The van der Waals surface area contributed by atoms with Crippen LogP contribution in [0.2, 0.25) is 0 Å². The number of hydrogen-bond donors (Lipinski definition) is 1. The van der Waals surface area contributed by atoms with Crippen molar-refractivity contribution in [1.82, 2.24) is 9.78 Å². The molecule has 92 valence electrons. The number of alkyl halides is 3. The highest BCUT2D eigenvalue weighted by Crippen LogP contribution is 2.22. The Morgan fingerprint density at radius 3 is 2.69 bits per heavy atom. The minimum Gasteiger partial charge on any atom is -0.327 e. The van der Waals surface area contributed by atoms with E-state index in [9.17, 15) is 13.2 Å². The molecule has 0 aliphatic carbocycles. The molecule has 1 heterocycles. The summed E-state index contributed by atoms with van der Waals surface area (Å²) in [7, 11) is 0. The van der Waals surface area contributed by atoms with Crippen molar-refractivity contribution in [1.29, 1.82) is 0 Å². The molecule has 0 fully saturated rings. The molecule has 0 saturated carbocycles. The van der Waals surface area contributed by atoms with Gasteiger partial charge in [0.1, 0.15) is 0 Å². The summed E-state index contributed by atoms with van der Waals surface area (Å²) in [6.07, 6.45) is -1.08. The van der Waals surface area contributed by atoms with Crippen molar-refractivity contribution in [2.45, 2.75) is 44.9 Å². The Bertz CT molecular complexity index is 319. The molecular formula is C10H16F3N3. The maximum absolute atomic E-state index is 11.9. The second kappa shape index (κ2) is 5.34. The Morgan fingerprint density at radius 2 is 2.19 bits per heavy atom. The van der Waals surface area contributed by atoms with Crippen LogP contribution < -0.4 is 5.73 Å². The first-order chi connectivity index (χ1) is 7.40. The van der Waals surface area contributed by atoms with Crippen LogP contribution in [0, 0.1) is 0 Å². The summed E-state index contributed by atoms with van der Waals surface area (Å²) >= 11 is 0. The van der Waals surface area contributed by atoms with Gasteiger partial charge in [0.05, 0.1) is 6.20 Å². The largest absolute Gasteiger partial charge is 0.389 e. The SMILES string of the molecule is CCn1cc(CC(N)CCC(F)(F)F)cn1. The van der Waals surface area contributed by atoms with Crippen LogP contribution in [-0.4, -0.2) is 22.0 Å². The van der Waals surface area contributed by atoms with Crippen molar-refractivity contribution in [3.8, 4) is 0 Å². The average molecular weight is 235 g/mol. The zero-order valence-electron chi connectivity index (χ0n) is 9.17. The molecule has 0 spiro atoms. The molecule has 3 nitrogen and oxygen atoms in total. The molecule has 0 saturated heterocycles. The van der Waals surface area contributed by atoms with Gasteiger partial charge in [-0.2, -0.15) is 18.3 Å². The molecule has 1 atom stereocenters. The van der Waals surface area contributed by atoms with Crippen LogP contribution in [0.1, 0.15) is 25.3 Å². The van der Waals surface area contributed by atoms with Gasteiger partial charge in [-0.1, -0.05) is 0 Å². The van der Waals surface area contributed by atoms with E-state index < -0.39 is 18.6 Å². The predicted octanol–water partition coefficient (Wildman–Crippen LogP) is 2.12. The van der Waals surface area contributed by atoms with Crippen molar-refractivity contribution in [3.05, 3.63) is 18.0 Å². The van der Waals surface area contributed by atoms with Gasteiger partial charge in [-0.15, -0.1) is 0 Å². The van der Waals surface area contributed by atoms with Crippen LogP contribution in [0.15, 0.2) is 12.4 Å². The lowest BCUT2D eigenvalue weighted by Crippen LogP contribution is -2.25. The molecule has 2 N–H and O–H groups in total. The van der Waals surface area contributed by atoms with Crippen molar-refractivity contribution < 1.29 is 13.2 Å². The van der Waals surface area contributed by atoms with E-state index in [2.05, 4.69) is 5.10 Å². The van der Waals surface area contributed by atoms with Crippen LogP contribution in [0.25, 0.3) is 0 Å². The zero-order valence-corrected chi connectivity index (χ0v) is 9.17. The molecule has 0 aliphatic rings. The quantitative estimate of drug-likeness (QED) is 0.849. The number of aryl methyl sites for hydroxylation is 1. The first-order valence-corrected chi connectivity index (χ1v) is 5.24. The molecule has 0 amide bonds. The molecule has 6 heteroatoms. The maximum Gasteiger partial charge on any atom is 0.389 e. The highest BCUT2D eigenvalue weighted by molar-refractivity contribution is 5.05. The third-order valence-electron chi connectivity index (χ3n) is 2.31. The van der Waals surface area contributed by atoms with Gasteiger partial charge in [0, 0.05) is 25.2 Å². The monoisotopic (exact) mass is 235 g/mol. The van der Waals surface area contributed by atoms with E-state index in [1.54, 1.807) is 10.9 Å². The molecule has 0 radical (unpaired) electrons. The smallest absolute Gasteiger partial charge is 0.327 e. The van der Waals surface area contributed by atoms with E-state index in [1.165, 1.54) is 0 Å². The fourth-order valence-electron chi connectivity index (χ4n) is 1.44. The molecule has 1 aromatic heterocycles. The number of nitrogens with two attached hydrogens (primary N) is 1. The lowest BCUT2D eigenvalue weighted by Gasteiger charge is -2.11. The van der Waals surface area contributed by atoms with Crippen LogP contribution in [0.3, 0.4) is 0 Å². The maximum atomic E-state index is 11.9. The van der Waals surface area contributed by atoms with Crippen LogP contribution >= 0.6 is 0 Å². The third-order valence-corrected chi connectivity index (χ3v) is 2.31. The fraction of sp³-hybridized carbons (Fsp3) is 0.700. The summed E-state index contributed by atoms with van der Waals surface area (Å²) in [5.74, 6) is 0. The predicted molar refractivity (Wildman–Crippen MR) is 54.9 cm³/mol. The van der Waals surface area contributed by atoms with E-state index in [0.717, 1.165) is 12.1 Å². The number of rotatable bonds is 5. The second-order valence-corrected chi connectivity index (χ2v) is 3.82. The highest BCUT2D eigenvalue weighted by atomic mass is 19.4. The number of hydrogen-bond acceptors (Lipinski definition) is 2. The number of halogens is 3. The lowest BCUT2D eigenvalue weighted by atomic mass is 10.1. The molecule has 1 rings (SSSR count). The van der Waals surface area contributed by atoms with Crippen molar-refractivity contribution in [3.63, 3.8) is 0 Å². The topological polar surface area (TPSA) is 43.8 Å². The van der Waals surface area contributed by atoms with Gasteiger partial charge in [-0.25, -0.2) is 0 Å². The lowest BCUT2D eigenvalue weighted by molar-refractivity contribution is -0.136. The summed E-state index contributed by atoms with van der Waals surface area (Å²) < 4.78 is 37.6. The normalized spacial score (nSPS) is 14.1. The number of aromatic nitrogens is 2. The molecule has 0 aliphatic heterocycles. The Balaban J connectivity index is 2.36. The van der Waals surface area contributed by atoms with Gasteiger partial charge in [-0.05, 0) is 25.3 Å². The summed E-state index contributed by atoms with van der Waals surface area (Å²) in [5, 5.41) is 4.04. The Kier molecular flexibility index (Phi) is 4.35. The van der Waals surface area contributed by atoms with E-state index in [0.29, 0.717) is 6.42 Å². The fourth-order valence-corrected chi connectivity index (χ4v) is 1.44. The van der Waals surface area contributed by atoms with E-state index >= 15 is 0 Å². The van der Waals surface area contributed by atoms with E-state index in [-0.39, 0.29) is 6.42 Å². The molecular weight excluding hydrogens is 219 g/mol. The van der Waals surface area contributed by atoms with Gasteiger partial charge in [-0.3, -0.25) is 4.68 Å². The first kappa shape index (κ1) is 13.0. The summed E-state index contributed by atoms with van der Waals surface area (Å²) in [4.78, 5) is 0. The summed E-state index contributed by atoms with van der Waals surface area (Å²) in [6.45, 7) is 2.69. The summed E-state index contributed by atoms with van der Waals surface area (Å²) in [5.41, 5.74) is 6.51. The minimum atomic E-state index is -4.12. The van der Waals surface area contributed by atoms with Gasteiger partial charge >= 0.3 is 6.18 Å². The molecule has 16 heavy (non-hydrogen) atoms. The van der Waals surface area contributed by atoms with Crippen LogP contribution in [-0.2, 0) is 13.0 Å². The zero-order chi connectivity index (χ0) is 12.2. The Morgan fingerprint density at radius 1 is 1.50 bits per heavy atom. The van der Waals surface area contributed by atoms with Crippen molar-refractivity contribution in [2.75, 3.05) is 0 Å². The molecule has 0 aromatic carbocycles. The Labute approximate surface area is 92.4 Å². The average Bonchev–Trinajstić information content (AvgIpc) is 2.61. The van der Waals surface area contributed by atoms with Gasteiger partial charge in [0.25, 0.3) is 0 Å². The van der Waals surface area contributed by atoms with Crippen molar-refractivity contribution >= 4 is 0 Å². The van der Waals surface area contributed by atoms with E-state index in [4.69, 9.17) is 5.73 Å². The Hall–Kier alpha value is -1.04. The highest BCUT2D eigenvalue weighted by Gasteiger charge is 2.27. The van der Waals surface area contributed by atoms with Crippen molar-refractivity contribution in [2.24, 2.45) is 5.73 Å². The molecule has 1 unspecified atom stereocenters. The minimum absolute atomic E-state index is 0.0409. The second-order valence-electron chi connectivity index (χ2n) is 3.82. The van der Waals surface area contributed by atoms with Gasteiger partial charge in [0.2, 0.25) is 0 Å². The van der Waals surface area contributed by atoms with E-state index in [1.807, 2.05) is 13.1 Å². The summed E-state index contributed by atoms with van der Waals surface area (Å²) in [6, 6.07) is -0.462. The first-order valence-electron chi connectivity index (χ1n) is 5.24.